The van der Waals surface area contributed by atoms with Crippen molar-refractivity contribution in [3.05, 3.63) is 56.7 Å². The van der Waals surface area contributed by atoms with E-state index in [1.807, 2.05) is 26.0 Å². The van der Waals surface area contributed by atoms with E-state index >= 15 is 0 Å². The van der Waals surface area contributed by atoms with E-state index in [0.717, 1.165) is 24.1 Å². The number of hydrogen-bond donors (Lipinski definition) is 1. The maximum Gasteiger partial charge on any atom is 0.262 e. The Morgan fingerprint density at radius 2 is 2.12 bits per heavy atom. The first-order valence-corrected chi connectivity index (χ1v) is 9.46. The third-order valence-corrected chi connectivity index (χ3v) is 6.14. The van der Waals surface area contributed by atoms with E-state index in [2.05, 4.69) is 15.3 Å². The summed E-state index contributed by atoms with van der Waals surface area (Å²) >= 11 is 1.27. The molecule has 0 radical (unpaired) electrons. The van der Waals surface area contributed by atoms with Crippen LogP contribution in [-0.4, -0.2) is 20.4 Å². The van der Waals surface area contributed by atoms with Gasteiger partial charge in [0.05, 0.1) is 28.3 Å². The number of hydrogen-bond acceptors (Lipinski definition) is 5. The van der Waals surface area contributed by atoms with Crippen molar-refractivity contribution in [1.82, 2.24) is 19.9 Å². The van der Waals surface area contributed by atoms with Crippen LogP contribution in [0.1, 0.15) is 45.4 Å². The molecular formula is C19H20N4O2S. The zero-order chi connectivity index (χ0) is 18.4. The van der Waals surface area contributed by atoms with Crippen molar-refractivity contribution in [2.24, 2.45) is 13.0 Å². The van der Waals surface area contributed by atoms with E-state index in [4.69, 9.17) is 0 Å². The fourth-order valence-corrected chi connectivity index (χ4v) is 4.34. The number of nitrogens with zero attached hydrogens (tertiary/aromatic N) is 3. The second-order valence-corrected chi connectivity index (χ2v) is 7.89. The minimum Gasteiger partial charge on any atom is -0.343 e. The molecule has 3 aromatic rings. The molecule has 6 nitrogen and oxygen atoms in total. The number of aryl methyl sites for hydroxylation is 3. The Labute approximate surface area is 154 Å². The standard InChI is InChI=1S/C19H20N4O2S/c1-10-5-4-8-20-14(10)15(12-6-7-12)22-17(24)16-11(2)13-18(26-16)21-9-23(3)19(13)25/h4-5,8-9,12,15H,6-7H2,1-3H3,(H,22,24). The lowest BCUT2D eigenvalue weighted by Crippen LogP contribution is -2.31. The molecule has 3 heterocycles. The Morgan fingerprint density at radius 3 is 2.81 bits per heavy atom. The Kier molecular flexibility index (Phi) is 4.11. The van der Waals surface area contributed by atoms with Crippen LogP contribution < -0.4 is 10.9 Å². The molecule has 0 bridgehead atoms. The molecule has 1 aliphatic carbocycles. The molecule has 1 amide bonds. The monoisotopic (exact) mass is 368 g/mol. The van der Waals surface area contributed by atoms with Gasteiger partial charge in [-0.3, -0.25) is 14.6 Å². The minimum atomic E-state index is -0.158. The predicted molar refractivity (Wildman–Crippen MR) is 102 cm³/mol. The van der Waals surface area contributed by atoms with Crippen LogP contribution in [0.5, 0.6) is 0 Å². The lowest BCUT2D eigenvalue weighted by Gasteiger charge is -2.19. The van der Waals surface area contributed by atoms with Crippen LogP contribution in [0.15, 0.2) is 29.5 Å². The summed E-state index contributed by atoms with van der Waals surface area (Å²) in [4.78, 5) is 35.3. The first kappa shape index (κ1) is 16.9. The molecule has 0 aliphatic heterocycles. The SMILES string of the molecule is Cc1cccnc1C(NC(=O)c1sc2ncn(C)c(=O)c2c1C)C1CC1. The Morgan fingerprint density at radius 1 is 1.35 bits per heavy atom. The van der Waals surface area contributed by atoms with Gasteiger partial charge in [0.15, 0.2) is 0 Å². The second-order valence-electron chi connectivity index (χ2n) is 6.89. The van der Waals surface area contributed by atoms with Gasteiger partial charge in [-0.2, -0.15) is 0 Å². The third kappa shape index (κ3) is 2.82. The molecule has 0 saturated heterocycles. The van der Waals surface area contributed by atoms with Gasteiger partial charge in [0.25, 0.3) is 11.5 Å². The lowest BCUT2D eigenvalue weighted by molar-refractivity contribution is 0.0934. The number of fused-ring (bicyclic) bond motifs is 1. The van der Waals surface area contributed by atoms with E-state index in [0.29, 0.717) is 26.6 Å². The number of rotatable bonds is 4. The fraction of sp³-hybridized carbons (Fsp3) is 0.368. The molecule has 0 spiro atoms. The molecule has 1 unspecified atom stereocenters. The van der Waals surface area contributed by atoms with Gasteiger partial charge in [-0.1, -0.05) is 6.07 Å². The number of nitrogens with one attached hydrogen (secondary N) is 1. The average molecular weight is 368 g/mol. The third-order valence-electron chi connectivity index (χ3n) is 4.94. The van der Waals surface area contributed by atoms with E-state index in [9.17, 15) is 9.59 Å². The van der Waals surface area contributed by atoms with Gasteiger partial charge in [0.1, 0.15) is 4.83 Å². The molecule has 1 N–H and O–H groups in total. The molecule has 7 heteroatoms. The topological polar surface area (TPSA) is 76.9 Å². The van der Waals surface area contributed by atoms with Gasteiger partial charge in [-0.05, 0) is 49.8 Å². The van der Waals surface area contributed by atoms with Crippen LogP contribution in [0.4, 0.5) is 0 Å². The van der Waals surface area contributed by atoms with Gasteiger partial charge in [-0.25, -0.2) is 4.98 Å². The van der Waals surface area contributed by atoms with Crippen LogP contribution in [0.25, 0.3) is 10.2 Å². The van der Waals surface area contributed by atoms with Crippen LogP contribution in [0.3, 0.4) is 0 Å². The molecule has 4 rings (SSSR count). The van der Waals surface area contributed by atoms with Crippen molar-refractivity contribution in [2.45, 2.75) is 32.7 Å². The number of aromatic nitrogens is 3. The lowest BCUT2D eigenvalue weighted by atomic mass is 10.0. The van der Waals surface area contributed by atoms with Crippen LogP contribution in [0.2, 0.25) is 0 Å². The van der Waals surface area contributed by atoms with Crippen molar-refractivity contribution in [3.8, 4) is 0 Å². The van der Waals surface area contributed by atoms with E-state index in [1.165, 1.54) is 22.2 Å². The van der Waals surface area contributed by atoms with Crippen molar-refractivity contribution >= 4 is 27.5 Å². The summed E-state index contributed by atoms with van der Waals surface area (Å²) in [6, 6.07) is 3.83. The Balaban J connectivity index is 1.71. The fourth-order valence-electron chi connectivity index (χ4n) is 3.29. The van der Waals surface area contributed by atoms with Gasteiger partial charge < -0.3 is 9.88 Å². The summed E-state index contributed by atoms with van der Waals surface area (Å²) in [6.07, 6.45) is 5.44. The quantitative estimate of drug-likeness (QED) is 0.768. The van der Waals surface area contributed by atoms with Gasteiger partial charge >= 0.3 is 0 Å². The maximum absolute atomic E-state index is 13.0. The van der Waals surface area contributed by atoms with Crippen molar-refractivity contribution in [3.63, 3.8) is 0 Å². The summed E-state index contributed by atoms with van der Waals surface area (Å²) in [5, 5.41) is 3.69. The molecule has 1 atom stereocenters. The van der Waals surface area contributed by atoms with Gasteiger partial charge in [-0.15, -0.1) is 11.3 Å². The average Bonchev–Trinajstić information content (AvgIpc) is 3.40. The largest absolute Gasteiger partial charge is 0.343 e. The Hall–Kier alpha value is -2.54. The minimum absolute atomic E-state index is 0.0934. The highest BCUT2D eigenvalue weighted by atomic mass is 32.1. The number of carbonyl (C=O) groups is 1. The molecule has 1 fully saturated rings. The molecule has 3 aromatic heterocycles. The van der Waals surface area contributed by atoms with Crippen molar-refractivity contribution in [2.75, 3.05) is 0 Å². The second kappa shape index (κ2) is 6.32. The zero-order valence-corrected chi connectivity index (χ0v) is 15.8. The molecule has 0 aromatic carbocycles. The first-order valence-electron chi connectivity index (χ1n) is 8.64. The number of carbonyl (C=O) groups excluding carboxylic acids is 1. The number of pyridine rings is 1. The van der Waals surface area contributed by atoms with Crippen LogP contribution >= 0.6 is 11.3 Å². The highest BCUT2D eigenvalue weighted by Crippen LogP contribution is 2.41. The molecule has 134 valence electrons. The molecule has 26 heavy (non-hydrogen) atoms. The normalized spacial score (nSPS) is 15.2. The highest BCUT2D eigenvalue weighted by Gasteiger charge is 2.35. The Bertz CT molecular complexity index is 1070. The van der Waals surface area contributed by atoms with Gasteiger partial charge in [0, 0.05) is 13.2 Å². The molecule has 1 aliphatic rings. The summed E-state index contributed by atoms with van der Waals surface area (Å²) < 4.78 is 1.44. The van der Waals surface area contributed by atoms with Crippen LogP contribution in [0, 0.1) is 19.8 Å². The van der Waals surface area contributed by atoms with Crippen molar-refractivity contribution in [1.29, 1.82) is 0 Å². The molecular weight excluding hydrogens is 348 g/mol. The smallest absolute Gasteiger partial charge is 0.262 e. The highest BCUT2D eigenvalue weighted by molar-refractivity contribution is 7.20. The van der Waals surface area contributed by atoms with Gasteiger partial charge in [0.2, 0.25) is 0 Å². The maximum atomic E-state index is 13.0. The van der Waals surface area contributed by atoms with E-state index in [1.54, 1.807) is 13.2 Å². The predicted octanol–water partition coefficient (Wildman–Crippen LogP) is 2.89. The molecule has 1 saturated carbocycles. The summed E-state index contributed by atoms with van der Waals surface area (Å²) in [7, 11) is 1.67. The summed E-state index contributed by atoms with van der Waals surface area (Å²) in [5.74, 6) is 0.266. The number of amides is 1. The number of thiophene rings is 1. The summed E-state index contributed by atoms with van der Waals surface area (Å²) in [6.45, 7) is 3.83. The zero-order valence-electron chi connectivity index (χ0n) is 14.9. The van der Waals surface area contributed by atoms with Crippen LogP contribution in [-0.2, 0) is 7.05 Å². The van der Waals surface area contributed by atoms with E-state index < -0.39 is 0 Å². The first-order chi connectivity index (χ1) is 12.5. The summed E-state index contributed by atoms with van der Waals surface area (Å²) in [5.41, 5.74) is 2.58. The van der Waals surface area contributed by atoms with E-state index in [-0.39, 0.29) is 17.5 Å². The van der Waals surface area contributed by atoms with Crippen molar-refractivity contribution < 1.29 is 4.79 Å².